The molecule has 1 aliphatic heterocycles. The molecule has 3 N–H and O–H groups in total. The Morgan fingerprint density at radius 2 is 2.00 bits per heavy atom. The minimum atomic E-state index is -0.369. The molecule has 0 bridgehead atoms. The molecule has 1 saturated heterocycles. The normalized spacial score (nSPS) is 18.3. The number of rotatable bonds is 8. The number of benzene rings is 1. The molecular weight excluding hydrogens is 288 g/mol. The Balaban J connectivity index is 1.77. The lowest BCUT2D eigenvalue weighted by atomic mass is 9.92. The van der Waals surface area contributed by atoms with E-state index >= 15 is 0 Å². The molecule has 1 heterocycles. The molecule has 0 saturated carbocycles. The average molecular weight is 318 g/mol. The molecule has 4 nitrogen and oxygen atoms in total. The second kappa shape index (κ2) is 9.68. The van der Waals surface area contributed by atoms with E-state index in [1.807, 2.05) is 18.2 Å². The summed E-state index contributed by atoms with van der Waals surface area (Å²) in [5, 5.41) is 16.1. The van der Waals surface area contributed by atoms with E-state index < -0.39 is 0 Å². The topological polar surface area (TPSA) is 61.4 Å². The molecule has 1 fully saturated rings. The molecule has 0 radical (unpaired) electrons. The fraction of sp³-hybridized carbons (Fsp3) is 0.632. The van der Waals surface area contributed by atoms with E-state index in [1.54, 1.807) is 6.92 Å². The summed E-state index contributed by atoms with van der Waals surface area (Å²) < 4.78 is 0. The second-order valence-corrected chi connectivity index (χ2v) is 6.73. The van der Waals surface area contributed by atoms with Crippen LogP contribution in [0.5, 0.6) is 0 Å². The zero-order valence-corrected chi connectivity index (χ0v) is 14.1. The maximum atomic E-state index is 12.1. The van der Waals surface area contributed by atoms with Crippen molar-refractivity contribution in [3.8, 4) is 0 Å². The van der Waals surface area contributed by atoms with Crippen LogP contribution in [0.1, 0.15) is 50.5 Å². The van der Waals surface area contributed by atoms with Crippen molar-refractivity contribution in [1.82, 2.24) is 10.6 Å². The monoisotopic (exact) mass is 318 g/mol. The van der Waals surface area contributed by atoms with Crippen molar-refractivity contribution in [2.24, 2.45) is 5.92 Å². The molecule has 1 aromatic rings. The zero-order valence-electron chi connectivity index (χ0n) is 14.1. The Kier molecular flexibility index (Phi) is 7.56. The van der Waals surface area contributed by atoms with Gasteiger partial charge in [-0.25, -0.2) is 0 Å². The van der Waals surface area contributed by atoms with Gasteiger partial charge in [-0.15, -0.1) is 0 Å². The smallest absolute Gasteiger partial charge is 0.220 e. The maximum Gasteiger partial charge on any atom is 0.220 e. The molecule has 2 atom stereocenters. The molecule has 0 aromatic heterocycles. The number of amides is 1. The van der Waals surface area contributed by atoms with Crippen molar-refractivity contribution in [1.29, 1.82) is 0 Å². The molecule has 2 rings (SSSR count). The Hall–Kier alpha value is -1.39. The molecular formula is C19H30N2O2. The molecule has 2 unspecified atom stereocenters. The predicted octanol–water partition coefficient (Wildman–Crippen LogP) is 2.44. The fourth-order valence-corrected chi connectivity index (χ4v) is 3.31. The van der Waals surface area contributed by atoms with Crippen LogP contribution in [0.25, 0.3) is 0 Å². The molecule has 0 spiro atoms. The van der Waals surface area contributed by atoms with Gasteiger partial charge in [0.1, 0.15) is 0 Å². The third-order valence-electron chi connectivity index (χ3n) is 4.68. The standard InChI is InChI=1S/C19H30N2O2/c1-15(22)13-18(17-5-3-2-4-6-17)14-21-19(23)8-7-16-9-11-20-12-10-16/h2-6,15-16,18,20,22H,7-14H2,1H3,(H,21,23). The lowest BCUT2D eigenvalue weighted by Crippen LogP contribution is -2.31. The molecule has 0 aliphatic carbocycles. The van der Waals surface area contributed by atoms with Crippen LogP contribution in [-0.4, -0.2) is 36.8 Å². The molecule has 1 aromatic carbocycles. The highest BCUT2D eigenvalue weighted by atomic mass is 16.3. The summed E-state index contributed by atoms with van der Waals surface area (Å²) in [6.07, 6.45) is 4.26. The Bertz CT molecular complexity index is 456. The van der Waals surface area contributed by atoms with Gasteiger partial charge in [-0.3, -0.25) is 4.79 Å². The summed E-state index contributed by atoms with van der Waals surface area (Å²) in [6.45, 7) is 4.56. The van der Waals surface area contributed by atoms with Crippen LogP contribution in [0, 0.1) is 5.92 Å². The van der Waals surface area contributed by atoms with Gasteiger partial charge in [-0.1, -0.05) is 30.3 Å². The van der Waals surface area contributed by atoms with Gasteiger partial charge in [0.2, 0.25) is 5.91 Å². The van der Waals surface area contributed by atoms with Crippen molar-refractivity contribution in [2.75, 3.05) is 19.6 Å². The van der Waals surface area contributed by atoms with Crippen molar-refractivity contribution in [3.63, 3.8) is 0 Å². The van der Waals surface area contributed by atoms with Crippen LogP contribution >= 0.6 is 0 Å². The number of carbonyl (C=O) groups is 1. The van der Waals surface area contributed by atoms with Gasteiger partial charge >= 0.3 is 0 Å². The summed E-state index contributed by atoms with van der Waals surface area (Å²) in [5.74, 6) is 0.985. The zero-order chi connectivity index (χ0) is 16.5. The minimum absolute atomic E-state index is 0.134. The van der Waals surface area contributed by atoms with Gasteiger partial charge in [0, 0.05) is 18.9 Å². The molecule has 1 aliphatic rings. The summed E-state index contributed by atoms with van der Waals surface area (Å²) in [7, 11) is 0. The van der Waals surface area contributed by atoms with E-state index in [-0.39, 0.29) is 17.9 Å². The second-order valence-electron chi connectivity index (χ2n) is 6.73. The molecule has 128 valence electrons. The fourth-order valence-electron chi connectivity index (χ4n) is 3.31. The lowest BCUT2D eigenvalue weighted by Gasteiger charge is -2.23. The first-order valence-corrected chi connectivity index (χ1v) is 8.85. The summed E-state index contributed by atoms with van der Waals surface area (Å²) in [5.41, 5.74) is 1.17. The number of hydrogen-bond donors (Lipinski definition) is 3. The number of nitrogens with one attached hydrogen (secondary N) is 2. The summed E-state index contributed by atoms with van der Waals surface area (Å²) >= 11 is 0. The number of aliphatic hydroxyl groups excluding tert-OH is 1. The molecule has 23 heavy (non-hydrogen) atoms. The van der Waals surface area contributed by atoms with Crippen molar-refractivity contribution < 1.29 is 9.90 Å². The SMILES string of the molecule is CC(O)CC(CNC(=O)CCC1CCNCC1)c1ccccc1. The third-order valence-corrected chi connectivity index (χ3v) is 4.68. The Morgan fingerprint density at radius 3 is 2.65 bits per heavy atom. The average Bonchev–Trinajstić information content (AvgIpc) is 2.58. The maximum absolute atomic E-state index is 12.1. The first kappa shape index (κ1) is 18.0. The van der Waals surface area contributed by atoms with Gasteiger partial charge in [-0.2, -0.15) is 0 Å². The lowest BCUT2D eigenvalue weighted by molar-refractivity contribution is -0.121. The van der Waals surface area contributed by atoms with E-state index in [0.717, 1.165) is 19.5 Å². The van der Waals surface area contributed by atoms with E-state index in [0.29, 0.717) is 25.3 Å². The van der Waals surface area contributed by atoms with E-state index in [1.165, 1.54) is 18.4 Å². The first-order chi connectivity index (χ1) is 11.1. The van der Waals surface area contributed by atoms with Gasteiger partial charge < -0.3 is 15.7 Å². The van der Waals surface area contributed by atoms with Gasteiger partial charge in [0.15, 0.2) is 0 Å². The van der Waals surface area contributed by atoms with Gasteiger partial charge in [0.25, 0.3) is 0 Å². The largest absolute Gasteiger partial charge is 0.393 e. The van der Waals surface area contributed by atoms with Crippen LogP contribution in [0.3, 0.4) is 0 Å². The quantitative estimate of drug-likeness (QED) is 0.690. The van der Waals surface area contributed by atoms with Crippen molar-refractivity contribution in [2.45, 2.75) is 51.0 Å². The highest BCUT2D eigenvalue weighted by molar-refractivity contribution is 5.75. The van der Waals surface area contributed by atoms with E-state index in [4.69, 9.17) is 0 Å². The van der Waals surface area contributed by atoms with Crippen LogP contribution in [-0.2, 0) is 4.79 Å². The van der Waals surface area contributed by atoms with E-state index in [9.17, 15) is 9.90 Å². The van der Waals surface area contributed by atoms with Crippen LogP contribution < -0.4 is 10.6 Å². The number of carbonyl (C=O) groups excluding carboxylic acids is 1. The first-order valence-electron chi connectivity index (χ1n) is 8.85. The highest BCUT2D eigenvalue weighted by Crippen LogP contribution is 2.21. The summed E-state index contributed by atoms with van der Waals surface area (Å²) in [4.78, 5) is 12.1. The van der Waals surface area contributed by atoms with Gasteiger partial charge in [0.05, 0.1) is 6.10 Å². The highest BCUT2D eigenvalue weighted by Gasteiger charge is 2.17. The minimum Gasteiger partial charge on any atom is -0.393 e. The van der Waals surface area contributed by atoms with Crippen LogP contribution in [0.4, 0.5) is 0 Å². The number of hydrogen-bond acceptors (Lipinski definition) is 3. The number of aliphatic hydroxyl groups is 1. The van der Waals surface area contributed by atoms with Crippen molar-refractivity contribution >= 4 is 5.91 Å². The molecule has 1 amide bonds. The summed E-state index contributed by atoms with van der Waals surface area (Å²) in [6, 6.07) is 10.1. The predicted molar refractivity (Wildman–Crippen MR) is 93.3 cm³/mol. The Morgan fingerprint density at radius 1 is 1.30 bits per heavy atom. The van der Waals surface area contributed by atoms with Crippen molar-refractivity contribution in [3.05, 3.63) is 35.9 Å². The van der Waals surface area contributed by atoms with Crippen LogP contribution in [0.15, 0.2) is 30.3 Å². The third kappa shape index (κ3) is 6.71. The van der Waals surface area contributed by atoms with Gasteiger partial charge in [-0.05, 0) is 57.2 Å². The number of piperidine rings is 1. The van der Waals surface area contributed by atoms with E-state index in [2.05, 4.69) is 22.8 Å². The molecule has 4 heteroatoms. The Labute approximate surface area is 139 Å². The van der Waals surface area contributed by atoms with Crippen LogP contribution in [0.2, 0.25) is 0 Å².